The standard InChI is InChI=1S/C9H17NO4/c1-7(2)10-9(8(11)12-3)4-13-6-14-5-9/h7,10H,4-6H2,1-3H3. The third-order valence-corrected chi connectivity index (χ3v) is 2.00. The van der Waals surface area contributed by atoms with Gasteiger partial charge in [0, 0.05) is 6.04 Å². The first-order chi connectivity index (χ1) is 6.60. The summed E-state index contributed by atoms with van der Waals surface area (Å²) in [6.07, 6.45) is 0. The average molecular weight is 203 g/mol. The van der Waals surface area contributed by atoms with Crippen LogP contribution >= 0.6 is 0 Å². The van der Waals surface area contributed by atoms with Crippen LogP contribution in [-0.2, 0) is 19.0 Å². The zero-order valence-corrected chi connectivity index (χ0v) is 8.83. The number of ether oxygens (including phenoxy) is 3. The number of hydrogen-bond donors (Lipinski definition) is 1. The van der Waals surface area contributed by atoms with Gasteiger partial charge in [0.25, 0.3) is 0 Å². The molecule has 1 N–H and O–H groups in total. The van der Waals surface area contributed by atoms with Crippen LogP contribution in [0.25, 0.3) is 0 Å². The Bertz CT molecular complexity index is 199. The highest BCUT2D eigenvalue weighted by molar-refractivity contribution is 5.81. The van der Waals surface area contributed by atoms with Gasteiger partial charge in [-0.05, 0) is 13.8 Å². The second kappa shape index (κ2) is 4.72. The fourth-order valence-electron chi connectivity index (χ4n) is 1.54. The van der Waals surface area contributed by atoms with E-state index >= 15 is 0 Å². The van der Waals surface area contributed by atoms with Gasteiger partial charge in [-0.1, -0.05) is 0 Å². The summed E-state index contributed by atoms with van der Waals surface area (Å²) < 4.78 is 15.0. The van der Waals surface area contributed by atoms with Crippen LogP contribution in [0.2, 0.25) is 0 Å². The highest BCUT2D eigenvalue weighted by Crippen LogP contribution is 2.14. The number of hydrogen-bond acceptors (Lipinski definition) is 5. The average Bonchev–Trinajstić information content (AvgIpc) is 2.17. The Morgan fingerprint density at radius 1 is 1.43 bits per heavy atom. The fraction of sp³-hybridized carbons (Fsp3) is 0.889. The monoisotopic (exact) mass is 203 g/mol. The highest BCUT2D eigenvalue weighted by atomic mass is 16.7. The number of rotatable bonds is 3. The summed E-state index contributed by atoms with van der Waals surface area (Å²) >= 11 is 0. The van der Waals surface area contributed by atoms with E-state index in [0.717, 1.165) is 0 Å². The Kier molecular flexibility index (Phi) is 3.86. The van der Waals surface area contributed by atoms with Gasteiger partial charge in [-0.3, -0.25) is 5.32 Å². The van der Waals surface area contributed by atoms with Crippen LogP contribution in [0.4, 0.5) is 0 Å². The third-order valence-electron chi connectivity index (χ3n) is 2.00. The normalized spacial score (nSPS) is 20.9. The van der Waals surface area contributed by atoms with Gasteiger partial charge in [0.15, 0.2) is 5.54 Å². The minimum Gasteiger partial charge on any atom is -0.468 e. The molecule has 1 rings (SSSR count). The maximum Gasteiger partial charge on any atom is 0.330 e. The van der Waals surface area contributed by atoms with Gasteiger partial charge in [-0.15, -0.1) is 0 Å². The van der Waals surface area contributed by atoms with E-state index < -0.39 is 5.54 Å². The van der Waals surface area contributed by atoms with Gasteiger partial charge in [0.05, 0.1) is 20.3 Å². The predicted molar refractivity (Wildman–Crippen MR) is 49.8 cm³/mol. The Hall–Kier alpha value is -0.650. The summed E-state index contributed by atoms with van der Waals surface area (Å²) in [7, 11) is 1.36. The smallest absolute Gasteiger partial charge is 0.330 e. The van der Waals surface area contributed by atoms with E-state index in [1.807, 2.05) is 13.8 Å². The summed E-state index contributed by atoms with van der Waals surface area (Å²) in [5.41, 5.74) is -0.846. The molecule has 1 saturated heterocycles. The lowest BCUT2D eigenvalue weighted by molar-refractivity contribution is -0.180. The molecule has 1 fully saturated rings. The Labute approximate surface area is 83.7 Å². The Morgan fingerprint density at radius 2 is 2.00 bits per heavy atom. The third kappa shape index (κ3) is 2.43. The molecule has 0 aromatic rings. The lowest BCUT2D eigenvalue weighted by atomic mass is 10.0. The molecule has 1 heterocycles. The van der Waals surface area contributed by atoms with Crippen molar-refractivity contribution in [2.45, 2.75) is 25.4 Å². The zero-order chi connectivity index (χ0) is 10.6. The minimum atomic E-state index is -0.846. The van der Waals surface area contributed by atoms with Crippen LogP contribution in [-0.4, -0.2) is 44.7 Å². The van der Waals surface area contributed by atoms with Gasteiger partial charge in [0.1, 0.15) is 6.79 Å². The first-order valence-corrected chi connectivity index (χ1v) is 4.62. The van der Waals surface area contributed by atoms with E-state index in [-0.39, 0.29) is 32.0 Å². The van der Waals surface area contributed by atoms with E-state index in [0.29, 0.717) is 0 Å². The van der Waals surface area contributed by atoms with Gasteiger partial charge in [-0.2, -0.15) is 0 Å². The van der Waals surface area contributed by atoms with Crippen LogP contribution in [0, 0.1) is 0 Å². The molecule has 0 amide bonds. The summed E-state index contributed by atoms with van der Waals surface area (Å²) in [5, 5.41) is 3.12. The van der Waals surface area contributed by atoms with Gasteiger partial charge >= 0.3 is 5.97 Å². The molecule has 0 unspecified atom stereocenters. The Morgan fingerprint density at radius 3 is 2.43 bits per heavy atom. The molecule has 5 heteroatoms. The number of nitrogens with one attached hydrogen (secondary N) is 1. The van der Waals surface area contributed by atoms with E-state index in [2.05, 4.69) is 5.32 Å². The van der Waals surface area contributed by atoms with Crippen LogP contribution < -0.4 is 5.32 Å². The number of carbonyl (C=O) groups is 1. The second-order valence-electron chi connectivity index (χ2n) is 3.69. The molecule has 0 radical (unpaired) electrons. The summed E-state index contributed by atoms with van der Waals surface area (Å²) in [6.45, 7) is 4.73. The van der Waals surface area contributed by atoms with E-state index in [9.17, 15) is 4.79 Å². The molecule has 0 aromatic carbocycles. The van der Waals surface area contributed by atoms with Crippen LogP contribution in [0.15, 0.2) is 0 Å². The van der Waals surface area contributed by atoms with Crippen molar-refractivity contribution >= 4 is 5.97 Å². The van der Waals surface area contributed by atoms with E-state index in [4.69, 9.17) is 14.2 Å². The molecule has 5 nitrogen and oxygen atoms in total. The molecule has 1 aliphatic rings. The van der Waals surface area contributed by atoms with Gasteiger partial charge in [-0.25, -0.2) is 4.79 Å². The number of esters is 1. The van der Waals surface area contributed by atoms with Crippen molar-refractivity contribution < 1.29 is 19.0 Å². The van der Waals surface area contributed by atoms with Crippen molar-refractivity contribution in [2.24, 2.45) is 0 Å². The summed E-state index contributed by atoms with van der Waals surface area (Å²) in [5.74, 6) is -0.342. The zero-order valence-electron chi connectivity index (χ0n) is 8.83. The number of carbonyl (C=O) groups excluding carboxylic acids is 1. The van der Waals surface area contributed by atoms with Crippen molar-refractivity contribution in [3.63, 3.8) is 0 Å². The SMILES string of the molecule is COC(=O)C1(NC(C)C)COCOC1. The lowest BCUT2D eigenvalue weighted by Gasteiger charge is -2.36. The van der Waals surface area contributed by atoms with Crippen molar-refractivity contribution in [3.05, 3.63) is 0 Å². The van der Waals surface area contributed by atoms with Crippen molar-refractivity contribution in [2.75, 3.05) is 27.1 Å². The highest BCUT2D eigenvalue weighted by Gasteiger charge is 2.42. The molecule has 14 heavy (non-hydrogen) atoms. The van der Waals surface area contributed by atoms with Gasteiger partial charge < -0.3 is 14.2 Å². The van der Waals surface area contributed by atoms with Crippen molar-refractivity contribution in [1.82, 2.24) is 5.32 Å². The molecule has 82 valence electrons. The first-order valence-electron chi connectivity index (χ1n) is 4.62. The van der Waals surface area contributed by atoms with E-state index in [1.165, 1.54) is 7.11 Å². The minimum absolute atomic E-state index is 0.166. The van der Waals surface area contributed by atoms with Crippen LogP contribution in [0.1, 0.15) is 13.8 Å². The summed E-state index contributed by atoms with van der Waals surface area (Å²) in [6, 6.07) is 0.166. The molecule has 0 aliphatic carbocycles. The van der Waals surface area contributed by atoms with Crippen molar-refractivity contribution in [3.8, 4) is 0 Å². The summed E-state index contributed by atoms with van der Waals surface area (Å²) in [4.78, 5) is 11.6. The van der Waals surface area contributed by atoms with Crippen molar-refractivity contribution in [1.29, 1.82) is 0 Å². The lowest BCUT2D eigenvalue weighted by Crippen LogP contribution is -2.63. The molecule has 0 bridgehead atoms. The fourth-order valence-corrected chi connectivity index (χ4v) is 1.54. The molecular formula is C9H17NO4. The predicted octanol–water partition coefficient (Wildman–Crippen LogP) is -0.0995. The van der Waals surface area contributed by atoms with Crippen LogP contribution in [0.5, 0.6) is 0 Å². The molecule has 1 aliphatic heterocycles. The quantitative estimate of drug-likeness (QED) is 0.649. The molecule has 0 spiro atoms. The topological polar surface area (TPSA) is 56.8 Å². The van der Waals surface area contributed by atoms with E-state index in [1.54, 1.807) is 0 Å². The maximum absolute atomic E-state index is 11.6. The number of methoxy groups -OCH3 is 1. The molecule has 0 atom stereocenters. The second-order valence-corrected chi connectivity index (χ2v) is 3.69. The maximum atomic E-state index is 11.6. The molecule has 0 saturated carbocycles. The molecular weight excluding hydrogens is 186 g/mol. The first kappa shape index (κ1) is 11.4. The van der Waals surface area contributed by atoms with Crippen LogP contribution in [0.3, 0.4) is 0 Å². The Balaban J connectivity index is 2.71. The van der Waals surface area contributed by atoms with Gasteiger partial charge in [0.2, 0.25) is 0 Å². The molecule has 0 aromatic heterocycles. The largest absolute Gasteiger partial charge is 0.468 e.